The Morgan fingerprint density at radius 1 is 0.438 bits per heavy atom. The second-order valence-corrected chi connectivity index (χ2v) is 41.4. The number of anilines is 6. The molecule has 137 heavy (non-hydrogen) atoms. The van der Waals surface area contributed by atoms with E-state index in [4.69, 9.17) is 26.8 Å². The predicted molar refractivity (Wildman–Crippen MR) is 548 cm³/mol. The number of rotatable bonds is 40. The van der Waals surface area contributed by atoms with E-state index in [0.29, 0.717) is 115 Å². The van der Waals surface area contributed by atoms with Gasteiger partial charge in [-0.1, -0.05) is 186 Å². The molecule has 0 radical (unpaired) electrons. The maximum absolute atomic E-state index is 13.6. The molecule has 0 unspecified atom stereocenters. The Bertz CT molecular complexity index is 6510. The number of hydrogen-bond acceptors (Lipinski definition) is 24. The second-order valence-electron chi connectivity index (χ2n) is 30.5. The van der Waals surface area contributed by atoms with Gasteiger partial charge in [0, 0.05) is 96.9 Å². The predicted octanol–water partition coefficient (Wildman–Crippen LogP) is 21.0. The molecule has 0 saturated carbocycles. The molecule has 0 aliphatic carbocycles. The minimum absolute atomic E-state index is 0.0509. The molecule has 11 aromatic rings. The number of allylic oxidation sites excluding steroid dienone is 2. The number of nitrogens with one attached hydrogen (secondary N) is 3. The van der Waals surface area contributed by atoms with Crippen molar-refractivity contribution in [3.63, 3.8) is 0 Å². The quantitative estimate of drug-likeness (QED) is 0.00899. The van der Waals surface area contributed by atoms with E-state index in [1.165, 1.54) is 66.9 Å². The number of ether oxygens (including phenoxy) is 2. The standard InChI is InChI=1S/C28H28FN3O4S.C25H31BrN2O5S.C23H25BrN2O4S.C17H26N2O2.C8H6BrClO3S/c1-3-5-11-23-25(32(4-2)21-9-7-6-8-10-21)26(33)27(28(34)31-23)37(35,36)22-15-12-19(13-16-22)20-14-17-24(29)30-18-20;1-4-7-13-22(27-23(29)18-34(31,32)21-16-14-19(26)15-17-21)24(25(30)33-6-3)28(5-2)20-11-9-8-10-12-20;1-3-5-11-19-20(26(4-2)17-9-7-6-8-10-17)21(27)22(23(28)25-19)31(29,30)18-14-12-16(24)13-15-18;1-4-7-13-15(18)16(17(20)21-6-3)19(5-2)14-11-9-8-10-12-14;9-6-1-3-7(4-2-6)14(12,13)5-8(10)11/h6-10,12-18H,3-5,11H2,1-2H3,(H2,31,33,34);8-12,14-17H,4-7,13,18H2,1-3H3,(H,27,29);6-10,12-15H,3-5,11H2,1-2H3,(H2,25,27,28);8-12H,4-7,13,18H2,1-3H3;1-4H,5H2/b;24-22+;;16-15+;. The van der Waals surface area contributed by atoms with Crippen LogP contribution in [0.4, 0.5) is 38.5 Å². The second kappa shape index (κ2) is 55.1. The summed E-state index contributed by atoms with van der Waals surface area (Å²) in [6.45, 7) is 21.9. The van der Waals surface area contributed by atoms with E-state index in [0.717, 1.165) is 76.6 Å². The number of aromatic hydroxyl groups is 2. The van der Waals surface area contributed by atoms with Crippen LogP contribution in [0.25, 0.3) is 11.1 Å². The number of carbonyl (C=O) groups is 4. The van der Waals surface area contributed by atoms with Crippen LogP contribution in [0.5, 0.6) is 11.5 Å². The highest BCUT2D eigenvalue weighted by Gasteiger charge is 2.35. The molecule has 3 aromatic heterocycles. The third-order valence-electron chi connectivity index (χ3n) is 20.8. The number of benzene rings is 8. The molecule has 0 saturated heterocycles. The Morgan fingerprint density at radius 3 is 1.13 bits per heavy atom. The lowest BCUT2D eigenvalue weighted by molar-refractivity contribution is -0.139. The fourth-order valence-corrected chi connectivity index (χ4v) is 20.3. The number of H-pyrrole nitrogens is 2. The molecule has 7 N–H and O–H groups in total. The summed E-state index contributed by atoms with van der Waals surface area (Å²) in [4.78, 5) is 89.7. The van der Waals surface area contributed by atoms with E-state index in [1.54, 1.807) is 72.2 Å². The van der Waals surface area contributed by atoms with Crippen LogP contribution in [0.3, 0.4) is 0 Å². The van der Waals surface area contributed by atoms with Crippen LogP contribution in [-0.2, 0) is 80.8 Å². The number of pyridine rings is 3. The SMILES string of the molecule is CCCC/C(N)=C(/C(=O)OCC)N(CC)c1ccccc1.CCCC/C(NC(=O)CS(=O)(=O)c1ccc(Br)cc1)=C(/C(=O)OCC)N(CC)c1ccccc1.CCCCc1[nH]c(=O)c(S(=O)(=O)c2ccc(-c3ccc(F)nc3)cc2)c(O)c1N(CC)c1ccccc1.CCCCc1[nH]c(=O)c(S(=O)(=O)c2ccc(Br)cc2)c(O)c1N(CC)c1ccccc1.O=C(Cl)CS(=O)(=O)c1ccc(Br)cc1. The van der Waals surface area contributed by atoms with Gasteiger partial charge in [-0.25, -0.2) is 48.2 Å². The average molecular weight is 2170 g/mol. The molecule has 0 spiro atoms. The van der Waals surface area contributed by atoms with Crippen molar-refractivity contribution in [2.24, 2.45) is 5.73 Å². The maximum atomic E-state index is 13.6. The summed E-state index contributed by atoms with van der Waals surface area (Å²) < 4.78 is 128. The first kappa shape index (κ1) is 112. The Kier molecular flexibility index (Phi) is 45.2. The maximum Gasteiger partial charge on any atom is 0.356 e. The van der Waals surface area contributed by atoms with Crippen LogP contribution in [0.15, 0.2) is 312 Å². The van der Waals surface area contributed by atoms with Crippen molar-refractivity contribution in [3.8, 4) is 22.6 Å². The van der Waals surface area contributed by atoms with Crippen LogP contribution in [0.2, 0.25) is 0 Å². The van der Waals surface area contributed by atoms with Gasteiger partial charge in [0.15, 0.2) is 41.0 Å². The largest absolute Gasteiger partial charge is 0.504 e. The van der Waals surface area contributed by atoms with Crippen molar-refractivity contribution < 1.29 is 76.9 Å². The molecule has 0 aliphatic rings. The average Bonchev–Trinajstić information content (AvgIpc) is 0.752. The van der Waals surface area contributed by atoms with Crippen molar-refractivity contribution in [3.05, 3.63) is 311 Å². The lowest BCUT2D eigenvalue weighted by Crippen LogP contribution is -2.37. The van der Waals surface area contributed by atoms with Crippen molar-refractivity contribution in [1.29, 1.82) is 0 Å². The van der Waals surface area contributed by atoms with Gasteiger partial charge in [0.25, 0.3) is 11.1 Å². The van der Waals surface area contributed by atoms with Crippen LogP contribution < -0.4 is 41.8 Å². The zero-order valence-corrected chi connectivity index (χ0v) is 86.7. The molecule has 36 heteroatoms. The van der Waals surface area contributed by atoms with Crippen molar-refractivity contribution in [1.82, 2.24) is 20.3 Å². The Hall–Kier alpha value is -11.6. The summed E-state index contributed by atoms with van der Waals surface area (Å²) in [5.41, 5.74) is 12.2. The van der Waals surface area contributed by atoms with Crippen molar-refractivity contribution in [2.75, 3.05) is 70.5 Å². The normalized spacial score (nSPS) is 11.6. The topological polar surface area (TPSA) is 393 Å². The van der Waals surface area contributed by atoms with Gasteiger partial charge in [-0.15, -0.1) is 0 Å². The third-order valence-corrected chi connectivity index (χ3v) is 29.6. The van der Waals surface area contributed by atoms with Crippen molar-refractivity contribution in [2.45, 2.75) is 176 Å². The number of hydrogen-bond donors (Lipinski definition) is 6. The molecule has 27 nitrogen and oxygen atoms in total. The number of nitrogens with two attached hydrogens (primary N) is 1. The van der Waals surface area contributed by atoms with Gasteiger partial charge in [0.2, 0.25) is 36.8 Å². The summed E-state index contributed by atoms with van der Waals surface area (Å²) in [6.07, 6.45) is 10.2. The van der Waals surface area contributed by atoms with E-state index in [9.17, 15) is 77.0 Å². The molecule has 0 fully saturated rings. The first-order valence-corrected chi connectivity index (χ1v) is 53.7. The highest BCUT2D eigenvalue weighted by Crippen LogP contribution is 2.43. The van der Waals surface area contributed by atoms with Gasteiger partial charge < -0.3 is 60.3 Å². The summed E-state index contributed by atoms with van der Waals surface area (Å²) >= 11 is 14.7. The molecule has 0 atom stereocenters. The van der Waals surface area contributed by atoms with Gasteiger partial charge in [-0.05, 0) is 256 Å². The molecule has 732 valence electrons. The molecular weight excluding hydrogens is 2050 g/mol. The number of unbranched alkanes of at least 4 members (excludes halogenated alkanes) is 4. The first-order valence-electron chi connectivity index (χ1n) is 44.6. The van der Waals surface area contributed by atoms with Gasteiger partial charge in [0.05, 0.1) is 32.8 Å². The van der Waals surface area contributed by atoms with Crippen LogP contribution >= 0.6 is 59.4 Å². The zero-order valence-electron chi connectivity index (χ0n) is 77.9. The fourth-order valence-electron chi connectivity index (χ4n) is 14.2. The number of carbonyl (C=O) groups excluding carboxylic acids is 4. The summed E-state index contributed by atoms with van der Waals surface area (Å²) in [5.74, 6) is -4.76. The first-order chi connectivity index (χ1) is 65.4. The number of esters is 2. The Morgan fingerprint density at radius 2 is 0.781 bits per heavy atom. The van der Waals surface area contributed by atoms with Crippen LogP contribution in [0, 0.1) is 5.95 Å². The van der Waals surface area contributed by atoms with E-state index in [-0.39, 0.29) is 43.5 Å². The molecular formula is C101H116Br3ClFN9O18S4. The minimum atomic E-state index is -4.39. The molecule has 0 aliphatic heterocycles. The highest BCUT2D eigenvalue weighted by molar-refractivity contribution is 9.11. The highest BCUT2D eigenvalue weighted by atomic mass is 79.9. The number of aromatic nitrogens is 3. The lowest BCUT2D eigenvalue weighted by atomic mass is 10.1. The minimum Gasteiger partial charge on any atom is -0.504 e. The zero-order chi connectivity index (χ0) is 101. The number of para-hydroxylation sites is 4. The number of aromatic amines is 2. The van der Waals surface area contributed by atoms with Gasteiger partial charge in [-0.2, -0.15) is 4.39 Å². The molecule has 8 aromatic carbocycles. The van der Waals surface area contributed by atoms with Crippen molar-refractivity contribution >= 4 is 156 Å². The number of nitrogens with zero attached hydrogens (tertiary/aromatic N) is 5. The Labute approximate surface area is 831 Å². The molecule has 0 bridgehead atoms. The van der Waals surface area contributed by atoms with E-state index < -0.39 is 106 Å². The number of sulfone groups is 4. The van der Waals surface area contributed by atoms with Crippen LogP contribution in [-0.4, -0.2) is 133 Å². The summed E-state index contributed by atoms with van der Waals surface area (Å²) in [6, 6.07) is 64.4. The van der Waals surface area contributed by atoms with E-state index in [2.05, 4.69) is 75.0 Å². The van der Waals surface area contributed by atoms with Crippen LogP contribution in [0.1, 0.15) is 145 Å². The third kappa shape index (κ3) is 31.7. The van der Waals surface area contributed by atoms with E-state index >= 15 is 0 Å². The molecule has 1 amide bonds. The fraction of sp³-hybridized carbons (Fsp3) is 0.297. The number of likely N-dealkylation sites (N-methyl/N-ethyl adjacent to an activating group) is 2. The smallest absolute Gasteiger partial charge is 0.356 e. The Balaban J connectivity index is 0.000000241. The van der Waals surface area contributed by atoms with Gasteiger partial charge in [-0.3, -0.25) is 19.2 Å². The molecule has 11 rings (SSSR count). The number of amides is 1. The van der Waals surface area contributed by atoms with Gasteiger partial charge in [0.1, 0.15) is 34.3 Å². The molecule has 3 heterocycles. The number of halogens is 5. The summed E-state index contributed by atoms with van der Waals surface area (Å²) in [5, 5.41) is 24.4. The lowest BCUT2D eigenvalue weighted by Gasteiger charge is -2.28. The van der Waals surface area contributed by atoms with E-state index in [1.807, 2.05) is 180 Å². The summed E-state index contributed by atoms with van der Waals surface area (Å²) in [7, 11) is -16.1. The monoisotopic (exact) mass is 2160 g/mol. The van der Waals surface area contributed by atoms with Gasteiger partial charge >= 0.3 is 11.9 Å². The number of aryl methyl sites for hydroxylation is 2.